The molecule has 1 saturated carbocycles. The fourth-order valence-corrected chi connectivity index (χ4v) is 6.99. The van der Waals surface area contributed by atoms with Crippen LogP contribution in [0.3, 0.4) is 0 Å². The Balaban J connectivity index is 1.25. The highest BCUT2D eigenvalue weighted by Gasteiger charge is 2.30. The highest BCUT2D eigenvalue weighted by molar-refractivity contribution is 5.84. The smallest absolute Gasteiger partial charge is 0.193 e. The second-order valence-electron chi connectivity index (χ2n) is 12.7. The van der Waals surface area contributed by atoms with E-state index in [0.717, 1.165) is 99.4 Å². The minimum atomic E-state index is -0.287. The van der Waals surface area contributed by atoms with Crippen molar-refractivity contribution in [1.82, 2.24) is 19.4 Å². The summed E-state index contributed by atoms with van der Waals surface area (Å²) >= 11 is 0. The van der Waals surface area contributed by atoms with Crippen LogP contribution in [0.5, 0.6) is 0 Å². The van der Waals surface area contributed by atoms with Gasteiger partial charge in [0.2, 0.25) is 0 Å². The third kappa shape index (κ3) is 5.90. The molecule has 0 bridgehead atoms. The second-order valence-corrected chi connectivity index (χ2v) is 12.7. The Morgan fingerprint density at radius 3 is 2.47 bits per heavy atom. The molecule has 7 nitrogen and oxygen atoms in total. The molecule has 224 valence electrons. The average Bonchev–Trinajstić information content (AvgIpc) is 3.71. The molecule has 1 atom stereocenters. The van der Waals surface area contributed by atoms with Gasteiger partial charge in [0.05, 0.1) is 23.1 Å². The summed E-state index contributed by atoms with van der Waals surface area (Å²) in [6.07, 6.45) is 12.4. The molecule has 2 aliphatic heterocycles. The van der Waals surface area contributed by atoms with E-state index in [0.29, 0.717) is 23.7 Å². The van der Waals surface area contributed by atoms with E-state index in [1.54, 1.807) is 0 Å². The molecule has 3 aliphatic rings. The van der Waals surface area contributed by atoms with Crippen LogP contribution in [0.1, 0.15) is 67.1 Å². The number of benzene rings is 1. The number of anilines is 2. The number of aryl methyl sites for hydroxylation is 2. The Labute approximate surface area is 253 Å². The summed E-state index contributed by atoms with van der Waals surface area (Å²) < 4.78 is 17.8. The molecule has 2 saturated heterocycles. The first-order chi connectivity index (χ1) is 20.9. The van der Waals surface area contributed by atoms with Gasteiger partial charge in [0, 0.05) is 86.1 Å². The van der Waals surface area contributed by atoms with Crippen LogP contribution in [0.15, 0.2) is 59.8 Å². The standard InChI is InChI=1S/C35H41FN6O/c1-24-7-8-29(19-38-24)40-15-5-6-30(23-40)41(20-26-11-12-37-25(2)16-26)21-27-22-42(28-9-10-28)33-18-34(39-13-3-4-14-39)32(36)17-31(33)35(27)43/h7-8,11-12,16-19,22,28,30H,3-6,9-10,13-15,20-21,23H2,1-2H3. The maximum Gasteiger partial charge on any atom is 0.193 e. The number of fused-ring (bicyclic) bond motifs is 1. The molecule has 1 aromatic carbocycles. The fraction of sp³-hybridized carbons (Fsp3) is 0.457. The molecule has 7 rings (SSSR count). The lowest BCUT2D eigenvalue weighted by atomic mass is 10.0. The molecule has 8 heteroatoms. The lowest BCUT2D eigenvalue weighted by Gasteiger charge is -2.40. The van der Waals surface area contributed by atoms with E-state index >= 15 is 4.39 Å². The van der Waals surface area contributed by atoms with Gasteiger partial charge in [-0.3, -0.25) is 19.7 Å². The normalized spacial score (nSPS) is 19.1. The molecule has 43 heavy (non-hydrogen) atoms. The zero-order valence-electron chi connectivity index (χ0n) is 25.3. The molecule has 1 unspecified atom stereocenters. The molecule has 0 spiro atoms. The van der Waals surface area contributed by atoms with E-state index in [1.165, 1.54) is 11.6 Å². The van der Waals surface area contributed by atoms with E-state index in [1.807, 2.05) is 32.3 Å². The van der Waals surface area contributed by atoms with Crippen molar-refractivity contribution in [3.63, 3.8) is 0 Å². The summed E-state index contributed by atoms with van der Waals surface area (Å²) in [5.74, 6) is -0.287. The van der Waals surface area contributed by atoms with E-state index in [-0.39, 0.29) is 17.3 Å². The molecule has 3 aromatic heterocycles. The van der Waals surface area contributed by atoms with Crippen LogP contribution in [0.25, 0.3) is 10.9 Å². The number of piperidine rings is 1. The van der Waals surface area contributed by atoms with Gasteiger partial charge in [-0.15, -0.1) is 0 Å². The molecule has 0 radical (unpaired) electrons. The Hall–Kier alpha value is -3.78. The van der Waals surface area contributed by atoms with Gasteiger partial charge in [-0.25, -0.2) is 4.39 Å². The zero-order valence-corrected chi connectivity index (χ0v) is 25.3. The maximum atomic E-state index is 15.5. The van der Waals surface area contributed by atoms with Gasteiger partial charge in [-0.05, 0) is 94.3 Å². The van der Waals surface area contributed by atoms with Crippen molar-refractivity contribution in [2.45, 2.75) is 77.5 Å². The summed E-state index contributed by atoms with van der Waals surface area (Å²) in [6, 6.07) is 12.5. The lowest BCUT2D eigenvalue weighted by molar-refractivity contribution is 0.158. The third-order valence-corrected chi connectivity index (χ3v) is 9.46. The van der Waals surface area contributed by atoms with Gasteiger partial charge in [-0.2, -0.15) is 0 Å². The summed E-state index contributed by atoms with van der Waals surface area (Å²) in [4.78, 5) is 30.1. The molecular formula is C35H41FN6O. The zero-order chi connectivity index (χ0) is 29.5. The quantitative estimate of drug-likeness (QED) is 0.249. The Kier molecular flexibility index (Phi) is 7.63. The predicted molar refractivity (Wildman–Crippen MR) is 170 cm³/mol. The largest absolute Gasteiger partial charge is 0.369 e. The van der Waals surface area contributed by atoms with E-state index in [2.05, 4.69) is 59.7 Å². The van der Waals surface area contributed by atoms with E-state index < -0.39 is 0 Å². The summed E-state index contributed by atoms with van der Waals surface area (Å²) in [7, 11) is 0. The average molecular weight is 581 g/mol. The van der Waals surface area contributed by atoms with Crippen molar-refractivity contribution in [3.8, 4) is 0 Å². The van der Waals surface area contributed by atoms with Gasteiger partial charge in [-0.1, -0.05) is 0 Å². The number of pyridine rings is 3. The lowest BCUT2D eigenvalue weighted by Crippen LogP contribution is -2.48. The monoisotopic (exact) mass is 580 g/mol. The van der Waals surface area contributed by atoms with Crippen molar-refractivity contribution in [2.75, 3.05) is 36.0 Å². The number of rotatable bonds is 8. The first kappa shape index (κ1) is 28.0. The van der Waals surface area contributed by atoms with E-state index in [4.69, 9.17) is 0 Å². The summed E-state index contributed by atoms with van der Waals surface area (Å²) in [5, 5.41) is 0.501. The maximum absolute atomic E-state index is 15.5. The third-order valence-electron chi connectivity index (χ3n) is 9.46. The highest BCUT2D eigenvalue weighted by Crippen LogP contribution is 2.38. The van der Waals surface area contributed by atoms with Crippen LogP contribution < -0.4 is 15.2 Å². The van der Waals surface area contributed by atoms with Crippen molar-refractivity contribution in [2.24, 2.45) is 0 Å². The summed E-state index contributed by atoms with van der Waals surface area (Å²) in [5.41, 5.74) is 6.52. The predicted octanol–water partition coefficient (Wildman–Crippen LogP) is 6.15. The number of hydrogen-bond donors (Lipinski definition) is 0. The Morgan fingerprint density at radius 2 is 1.72 bits per heavy atom. The van der Waals surface area contributed by atoms with Crippen LogP contribution in [-0.2, 0) is 13.1 Å². The van der Waals surface area contributed by atoms with E-state index in [9.17, 15) is 4.79 Å². The van der Waals surface area contributed by atoms with Crippen LogP contribution in [-0.4, -0.2) is 51.7 Å². The van der Waals surface area contributed by atoms with Crippen LogP contribution >= 0.6 is 0 Å². The Bertz CT molecular complexity index is 1670. The summed E-state index contributed by atoms with van der Waals surface area (Å²) in [6.45, 7) is 8.87. The molecule has 0 amide bonds. The van der Waals surface area contributed by atoms with Crippen molar-refractivity contribution in [1.29, 1.82) is 0 Å². The molecule has 3 fully saturated rings. The number of hydrogen-bond acceptors (Lipinski definition) is 6. The topological polar surface area (TPSA) is 57.5 Å². The van der Waals surface area contributed by atoms with Crippen molar-refractivity contribution < 1.29 is 4.39 Å². The van der Waals surface area contributed by atoms with Gasteiger partial charge < -0.3 is 14.4 Å². The second kappa shape index (κ2) is 11.7. The van der Waals surface area contributed by atoms with Gasteiger partial charge in [0.15, 0.2) is 5.43 Å². The highest BCUT2D eigenvalue weighted by atomic mass is 19.1. The van der Waals surface area contributed by atoms with Crippen LogP contribution in [0, 0.1) is 19.7 Å². The minimum Gasteiger partial charge on any atom is -0.369 e. The molecule has 1 aliphatic carbocycles. The number of nitrogens with zero attached hydrogens (tertiary/aromatic N) is 6. The van der Waals surface area contributed by atoms with Crippen LogP contribution in [0.2, 0.25) is 0 Å². The van der Waals surface area contributed by atoms with Crippen molar-refractivity contribution in [3.05, 3.63) is 93.5 Å². The molecule has 4 aromatic rings. The number of halogens is 1. The first-order valence-electron chi connectivity index (χ1n) is 15.9. The van der Waals surface area contributed by atoms with Crippen molar-refractivity contribution >= 4 is 22.3 Å². The van der Waals surface area contributed by atoms with Gasteiger partial charge in [0.25, 0.3) is 0 Å². The molecule has 5 heterocycles. The van der Waals surface area contributed by atoms with Gasteiger partial charge >= 0.3 is 0 Å². The Morgan fingerprint density at radius 1 is 0.907 bits per heavy atom. The molecule has 0 N–H and O–H groups in total. The minimum absolute atomic E-state index is 0.0509. The SMILES string of the molecule is Cc1ccc(N2CCCC(N(Cc3ccnc(C)c3)Cc3cn(C4CC4)c4cc(N5CCCC5)c(F)cc4c3=O)C2)cn1. The first-order valence-corrected chi connectivity index (χ1v) is 15.9. The van der Waals surface area contributed by atoms with Gasteiger partial charge in [0.1, 0.15) is 5.82 Å². The molecular weight excluding hydrogens is 539 g/mol. The fourth-order valence-electron chi connectivity index (χ4n) is 6.99. The van der Waals surface area contributed by atoms with Crippen LogP contribution in [0.4, 0.5) is 15.8 Å². The number of aromatic nitrogens is 3.